The molecule has 0 aliphatic carbocycles. The normalized spacial score (nSPS) is 11.2. The number of nitrogens with zero attached hydrogens (tertiary/aromatic N) is 4. The number of halogens is 1. The minimum absolute atomic E-state index is 0.413. The molecule has 1 heterocycles. The number of rotatable bonds is 6. The molecule has 5 nitrogen and oxygen atoms in total. The van der Waals surface area contributed by atoms with Crippen LogP contribution in [0.25, 0.3) is 11.4 Å². The van der Waals surface area contributed by atoms with Gasteiger partial charge in [-0.05, 0) is 55.9 Å². The van der Waals surface area contributed by atoms with E-state index in [1.54, 1.807) is 10.9 Å². The number of aromatic amines is 1. The zero-order valence-electron chi connectivity index (χ0n) is 14.7. The van der Waals surface area contributed by atoms with Crippen molar-refractivity contribution >= 4 is 35.7 Å². The summed E-state index contributed by atoms with van der Waals surface area (Å²) in [4.78, 5) is 2.29. The highest BCUT2D eigenvalue weighted by Crippen LogP contribution is 2.25. The van der Waals surface area contributed by atoms with Crippen molar-refractivity contribution in [3.63, 3.8) is 0 Å². The molecule has 0 aliphatic rings. The molecule has 3 aromatic rings. The van der Waals surface area contributed by atoms with Gasteiger partial charge in [-0.25, -0.2) is 5.10 Å². The van der Waals surface area contributed by atoms with Gasteiger partial charge in [0.05, 0.1) is 11.2 Å². The smallest absolute Gasteiger partial charge is 0.216 e. The molecule has 0 saturated heterocycles. The van der Waals surface area contributed by atoms with Gasteiger partial charge in [0.1, 0.15) is 0 Å². The lowest BCUT2D eigenvalue weighted by molar-refractivity contribution is 0.865. The molecular weight excluding hydrogens is 366 g/mol. The van der Waals surface area contributed by atoms with E-state index in [4.69, 9.17) is 23.8 Å². The molecular formula is C19H20ClN5S. The van der Waals surface area contributed by atoms with Gasteiger partial charge in [-0.1, -0.05) is 35.9 Å². The van der Waals surface area contributed by atoms with Crippen LogP contribution in [0.15, 0.2) is 53.6 Å². The van der Waals surface area contributed by atoms with Crippen LogP contribution in [0.3, 0.4) is 0 Å². The molecule has 0 aliphatic heterocycles. The Balaban J connectivity index is 1.89. The Morgan fingerprint density at radius 3 is 2.50 bits per heavy atom. The molecule has 1 N–H and O–H groups in total. The summed E-state index contributed by atoms with van der Waals surface area (Å²) in [6.45, 7) is 6.26. The summed E-state index contributed by atoms with van der Waals surface area (Å²) in [7, 11) is 0. The SMILES string of the molecule is CCN(CC)c1ccc(C=Nn2c(-c3ccccc3Cl)n[nH]c2=S)cc1. The van der Waals surface area contributed by atoms with Crippen LogP contribution in [0.5, 0.6) is 0 Å². The lowest BCUT2D eigenvalue weighted by Gasteiger charge is -2.20. The molecule has 0 spiro atoms. The van der Waals surface area contributed by atoms with Crippen LogP contribution in [-0.4, -0.2) is 34.2 Å². The first-order valence-corrected chi connectivity index (χ1v) is 9.24. The molecule has 0 bridgehead atoms. The predicted molar refractivity (Wildman–Crippen MR) is 111 cm³/mol. The number of benzene rings is 2. The van der Waals surface area contributed by atoms with Crippen molar-refractivity contribution in [3.05, 3.63) is 63.9 Å². The van der Waals surface area contributed by atoms with E-state index in [1.165, 1.54) is 5.69 Å². The average molecular weight is 386 g/mol. The lowest BCUT2D eigenvalue weighted by Crippen LogP contribution is -2.21. The van der Waals surface area contributed by atoms with Crippen molar-refractivity contribution in [2.45, 2.75) is 13.8 Å². The topological polar surface area (TPSA) is 49.2 Å². The van der Waals surface area contributed by atoms with Gasteiger partial charge in [-0.2, -0.15) is 14.9 Å². The first kappa shape index (κ1) is 18.4. The summed E-state index contributed by atoms with van der Waals surface area (Å²) in [5, 5.41) is 12.1. The van der Waals surface area contributed by atoms with Gasteiger partial charge in [0.2, 0.25) is 4.77 Å². The van der Waals surface area contributed by atoms with Crippen LogP contribution in [0.4, 0.5) is 5.69 Å². The van der Waals surface area contributed by atoms with Crippen molar-refractivity contribution in [2.75, 3.05) is 18.0 Å². The van der Waals surface area contributed by atoms with Gasteiger partial charge in [0.25, 0.3) is 0 Å². The third-order valence-electron chi connectivity index (χ3n) is 4.11. The van der Waals surface area contributed by atoms with Crippen molar-refractivity contribution in [3.8, 4) is 11.4 Å². The van der Waals surface area contributed by atoms with Crippen molar-refractivity contribution in [1.82, 2.24) is 14.9 Å². The molecule has 7 heteroatoms. The maximum absolute atomic E-state index is 6.27. The number of anilines is 1. The first-order chi connectivity index (χ1) is 12.6. The van der Waals surface area contributed by atoms with E-state index in [2.05, 4.69) is 46.2 Å². The highest BCUT2D eigenvalue weighted by Gasteiger charge is 2.11. The molecule has 0 saturated carbocycles. The van der Waals surface area contributed by atoms with E-state index in [1.807, 2.05) is 36.4 Å². The predicted octanol–water partition coefficient (Wildman–Crippen LogP) is 4.99. The van der Waals surface area contributed by atoms with E-state index in [0.29, 0.717) is 15.6 Å². The van der Waals surface area contributed by atoms with E-state index in [0.717, 1.165) is 24.2 Å². The van der Waals surface area contributed by atoms with Gasteiger partial charge in [-0.3, -0.25) is 0 Å². The molecule has 0 radical (unpaired) electrons. The van der Waals surface area contributed by atoms with Crippen molar-refractivity contribution in [2.24, 2.45) is 5.10 Å². The number of nitrogens with one attached hydrogen (secondary N) is 1. The molecule has 0 amide bonds. The highest BCUT2D eigenvalue weighted by molar-refractivity contribution is 7.71. The fraction of sp³-hybridized carbons (Fsp3) is 0.211. The summed E-state index contributed by atoms with van der Waals surface area (Å²) in [6.07, 6.45) is 1.76. The number of aromatic nitrogens is 3. The minimum atomic E-state index is 0.413. The standard InChI is InChI=1S/C19H20ClN5S/c1-3-24(4-2)15-11-9-14(10-12-15)13-21-25-18(22-23-19(25)26)16-7-5-6-8-17(16)20/h5-13H,3-4H2,1-2H3,(H,23,26). The third-order valence-corrected chi connectivity index (χ3v) is 4.70. The van der Waals surface area contributed by atoms with Crippen molar-refractivity contribution in [1.29, 1.82) is 0 Å². The third kappa shape index (κ3) is 3.86. The fourth-order valence-electron chi connectivity index (χ4n) is 2.70. The van der Waals surface area contributed by atoms with Crippen LogP contribution in [0.2, 0.25) is 5.02 Å². The first-order valence-electron chi connectivity index (χ1n) is 8.45. The maximum Gasteiger partial charge on any atom is 0.216 e. The summed E-state index contributed by atoms with van der Waals surface area (Å²) < 4.78 is 1.99. The van der Waals surface area contributed by atoms with Crippen LogP contribution in [-0.2, 0) is 0 Å². The summed E-state index contributed by atoms with van der Waals surface area (Å²) in [6, 6.07) is 15.7. The Morgan fingerprint density at radius 2 is 1.85 bits per heavy atom. The Kier molecular flexibility index (Phi) is 5.85. The zero-order chi connectivity index (χ0) is 18.5. The second-order valence-corrected chi connectivity index (χ2v) is 6.45. The number of hydrogen-bond acceptors (Lipinski definition) is 4. The van der Waals surface area contributed by atoms with Gasteiger partial charge < -0.3 is 4.90 Å². The molecule has 1 aromatic heterocycles. The molecule has 3 rings (SSSR count). The Morgan fingerprint density at radius 1 is 1.15 bits per heavy atom. The zero-order valence-corrected chi connectivity index (χ0v) is 16.3. The van der Waals surface area contributed by atoms with E-state index in [9.17, 15) is 0 Å². The van der Waals surface area contributed by atoms with Gasteiger partial charge in [0.15, 0.2) is 5.82 Å². The average Bonchev–Trinajstić information content (AvgIpc) is 3.03. The second-order valence-electron chi connectivity index (χ2n) is 5.65. The second kappa shape index (κ2) is 8.29. The molecule has 0 unspecified atom stereocenters. The summed E-state index contributed by atoms with van der Waals surface area (Å²) >= 11 is 11.6. The van der Waals surface area contributed by atoms with Crippen molar-refractivity contribution < 1.29 is 0 Å². The van der Waals surface area contributed by atoms with Gasteiger partial charge in [-0.15, -0.1) is 0 Å². The number of hydrogen-bond donors (Lipinski definition) is 1. The van der Waals surface area contributed by atoms with Gasteiger partial charge in [0, 0.05) is 24.3 Å². The van der Waals surface area contributed by atoms with Crippen LogP contribution in [0.1, 0.15) is 19.4 Å². The lowest BCUT2D eigenvalue weighted by atomic mass is 10.2. The fourth-order valence-corrected chi connectivity index (χ4v) is 3.10. The number of H-pyrrole nitrogens is 1. The van der Waals surface area contributed by atoms with Gasteiger partial charge >= 0.3 is 0 Å². The Hall–Kier alpha value is -2.44. The summed E-state index contributed by atoms with van der Waals surface area (Å²) in [5.74, 6) is 0.580. The molecule has 2 aromatic carbocycles. The maximum atomic E-state index is 6.27. The monoisotopic (exact) mass is 385 g/mol. The van der Waals surface area contributed by atoms with E-state index < -0.39 is 0 Å². The molecule has 0 fully saturated rings. The summed E-state index contributed by atoms with van der Waals surface area (Å²) in [5.41, 5.74) is 2.95. The molecule has 0 atom stereocenters. The molecule has 134 valence electrons. The minimum Gasteiger partial charge on any atom is -0.372 e. The van der Waals surface area contributed by atoms with Crippen LogP contribution < -0.4 is 4.90 Å². The Labute approximate surface area is 162 Å². The van der Waals surface area contributed by atoms with E-state index >= 15 is 0 Å². The highest BCUT2D eigenvalue weighted by atomic mass is 35.5. The van der Waals surface area contributed by atoms with Crippen LogP contribution in [0, 0.1) is 4.77 Å². The largest absolute Gasteiger partial charge is 0.372 e. The molecule has 26 heavy (non-hydrogen) atoms. The quantitative estimate of drug-likeness (QED) is 0.480. The Bertz CT molecular complexity index is 955. The van der Waals surface area contributed by atoms with E-state index in [-0.39, 0.29) is 0 Å². The van der Waals surface area contributed by atoms with Crippen LogP contribution >= 0.6 is 23.8 Å².